The summed E-state index contributed by atoms with van der Waals surface area (Å²) in [7, 11) is 1.65. The summed E-state index contributed by atoms with van der Waals surface area (Å²) in [4.78, 5) is 17.6. The number of piperazine rings is 1. The number of aromatic nitrogens is 3. The fourth-order valence-electron chi connectivity index (χ4n) is 4.29. The summed E-state index contributed by atoms with van der Waals surface area (Å²) in [5.74, 6) is 0.288. The molecule has 32 heavy (non-hydrogen) atoms. The third-order valence-corrected chi connectivity index (χ3v) is 6.33. The molecule has 2 atom stereocenters. The molecule has 8 heteroatoms. The van der Waals surface area contributed by atoms with Gasteiger partial charge >= 0.3 is 5.69 Å². The van der Waals surface area contributed by atoms with E-state index in [2.05, 4.69) is 27.0 Å². The third-order valence-electron chi connectivity index (χ3n) is 6.33. The molecule has 0 aliphatic carbocycles. The van der Waals surface area contributed by atoms with Crippen molar-refractivity contribution in [2.75, 3.05) is 43.1 Å². The zero-order valence-electron chi connectivity index (χ0n) is 18.9. The SMILES string of the molecule is CC[C@@H]([C@H](C)OC)n1ncn(-c2ccc(N3CCN(c4ccc(O)cc4)CC3)cc2)c1=O. The standard InChI is InChI=1S/C24H31N5O3/c1-4-23(18(2)32-3)29-24(31)28(17-25-29)21-7-5-19(6-8-21)26-13-15-27(16-14-26)20-9-11-22(30)12-10-20/h5-12,17-18,23,30H,4,13-16H2,1-3H3/t18-,23-/m0/s1. The molecule has 1 aromatic heterocycles. The number of anilines is 2. The van der Waals surface area contributed by atoms with Gasteiger partial charge in [-0.15, -0.1) is 0 Å². The van der Waals surface area contributed by atoms with Crippen LogP contribution in [0.25, 0.3) is 5.69 Å². The van der Waals surface area contributed by atoms with E-state index in [-0.39, 0.29) is 23.6 Å². The number of phenolic OH excluding ortho intramolecular Hbond substituents is 1. The molecule has 1 aliphatic rings. The van der Waals surface area contributed by atoms with Crippen LogP contribution in [0.2, 0.25) is 0 Å². The Morgan fingerprint density at radius 1 is 0.938 bits per heavy atom. The highest BCUT2D eigenvalue weighted by Gasteiger charge is 2.22. The molecule has 1 N–H and O–H groups in total. The molecular formula is C24H31N5O3. The molecule has 8 nitrogen and oxygen atoms in total. The highest BCUT2D eigenvalue weighted by Crippen LogP contribution is 2.23. The summed E-state index contributed by atoms with van der Waals surface area (Å²) in [6.45, 7) is 7.62. The fourth-order valence-corrected chi connectivity index (χ4v) is 4.29. The molecule has 3 aromatic rings. The van der Waals surface area contributed by atoms with E-state index in [1.165, 1.54) is 4.68 Å². The number of phenols is 1. The number of nitrogens with zero attached hydrogens (tertiary/aromatic N) is 5. The zero-order valence-corrected chi connectivity index (χ0v) is 18.9. The van der Waals surface area contributed by atoms with Crippen LogP contribution in [-0.4, -0.2) is 58.8 Å². The first-order chi connectivity index (χ1) is 15.5. The first-order valence-corrected chi connectivity index (χ1v) is 11.1. The molecule has 2 aromatic carbocycles. The van der Waals surface area contributed by atoms with Crippen LogP contribution in [0.15, 0.2) is 59.7 Å². The molecule has 0 spiro atoms. The third kappa shape index (κ3) is 4.36. The Morgan fingerprint density at radius 2 is 1.44 bits per heavy atom. The predicted molar refractivity (Wildman–Crippen MR) is 126 cm³/mol. The van der Waals surface area contributed by atoms with Crippen LogP contribution in [-0.2, 0) is 4.74 Å². The van der Waals surface area contributed by atoms with Crippen LogP contribution >= 0.6 is 0 Å². The normalized spacial score (nSPS) is 16.2. The van der Waals surface area contributed by atoms with Crippen LogP contribution in [0.4, 0.5) is 11.4 Å². The van der Waals surface area contributed by atoms with Crippen molar-refractivity contribution in [3.63, 3.8) is 0 Å². The second kappa shape index (κ2) is 9.48. The van der Waals surface area contributed by atoms with Gasteiger partial charge in [-0.25, -0.2) is 14.0 Å². The highest BCUT2D eigenvalue weighted by molar-refractivity contribution is 5.54. The van der Waals surface area contributed by atoms with Crippen LogP contribution in [0.1, 0.15) is 26.3 Å². The van der Waals surface area contributed by atoms with E-state index in [9.17, 15) is 9.90 Å². The number of hydrogen-bond donors (Lipinski definition) is 1. The van der Waals surface area contributed by atoms with Crippen molar-refractivity contribution in [2.24, 2.45) is 0 Å². The van der Waals surface area contributed by atoms with E-state index < -0.39 is 0 Å². The molecule has 1 aliphatic heterocycles. The number of methoxy groups -OCH3 is 1. The first kappa shape index (κ1) is 22.0. The second-order valence-electron chi connectivity index (χ2n) is 8.15. The highest BCUT2D eigenvalue weighted by atomic mass is 16.5. The Bertz CT molecular complexity index is 1070. The lowest BCUT2D eigenvalue weighted by atomic mass is 10.1. The lowest BCUT2D eigenvalue weighted by molar-refractivity contribution is 0.0632. The van der Waals surface area contributed by atoms with Crippen LogP contribution in [0, 0.1) is 0 Å². The van der Waals surface area contributed by atoms with Gasteiger partial charge in [-0.1, -0.05) is 6.92 Å². The van der Waals surface area contributed by atoms with Gasteiger partial charge in [0, 0.05) is 44.7 Å². The minimum Gasteiger partial charge on any atom is -0.508 e. The molecular weight excluding hydrogens is 406 g/mol. The molecule has 0 bridgehead atoms. The van der Waals surface area contributed by atoms with Crippen molar-refractivity contribution >= 4 is 11.4 Å². The Kier molecular flexibility index (Phi) is 6.50. The number of rotatable bonds is 7. The summed E-state index contributed by atoms with van der Waals surface area (Å²) < 4.78 is 8.52. The minimum atomic E-state index is -0.156. The van der Waals surface area contributed by atoms with Gasteiger partial charge in [0.25, 0.3) is 0 Å². The average Bonchev–Trinajstić information content (AvgIpc) is 3.21. The van der Waals surface area contributed by atoms with Crippen molar-refractivity contribution < 1.29 is 9.84 Å². The lowest BCUT2D eigenvalue weighted by Crippen LogP contribution is -2.46. The van der Waals surface area contributed by atoms with E-state index in [1.807, 2.05) is 38.1 Å². The minimum absolute atomic E-state index is 0.0938. The smallest absolute Gasteiger partial charge is 0.350 e. The molecule has 4 rings (SSSR count). The average molecular weight is 438 g/mol. The maximum atomic E-state index is 12.9. The van der Waals surface area contributed by atoms with Gasteiger partial charge < -0.3 is 19.6 Å². The zero-order chi connectivity index (χ0) is 22.7. The van der Waals surface area contributed by atoms with Gasteiger partial charge in [0.2, 0.25) is 0 Å². The molecule has 0 unspecified atom stereocenters. The summed E-state index contributed by atoms with van der Waals surface area (Å²) in [5.41, 5.74) is 2.91. The largest absolute Gasteiger partial charge is 0.508 e. The monoisotopic (exact) mass is 437 g/mol. The Morgan fingerprint density at radius 3 is 1.94 bits per heavy atom. The molecule has 2 heterocycles. The van der Waals surface area contributed by atoms with Crippen molar-refractivity contribution in [3.8, 4) is 11.4 Å². The topological polar surface area (TPSA) is 75.8 Å². The molecule has 1 saturated heterocycles. The van der Waals surface area contributed by atoms with Crippen LogP contribution in [0.3, 0.4) is 0 Å². The summed E-state index contributed by atoms with van der Waals surface area (Å²) in [5, 5.41) is 13.8. The summed E-state index contributed by atoms with van der Waals surface area (Å²) >= 11 is 0. The molecule has 0 amide bonds. The van der Waals surface area contributed by atoms with E-state index in [0.717, 1.165) is 49.7 Å². The predicted octanol–water partition coefficient (Wildman–Crippen LogP) is 3.05. The Hall–Kier alpha value is -3.26. The summed E-state index contributed by atoms with van der Waals surface area (Å²) in [6, 6.07) is 15.3. The van der Waals surface area contributed by atoms with E-state index in [0.29, 0.717) is 0 Å². The number of ether oxygens (including phenoxy) is 1. The first-order valence-electron chi connectivity index (χ1n) is 11.1. The van der Waals surface area contributed by atoms with Crippen LogP contribution in [0.5, 0.6) is 5.75 Å². The van der Waals surface area contributed by atoms with Gasteiger partial charge in [0.1, 0.15) is 12.1 Å². The quantitative estimate of drug-likeness (QED) is 0.612. The number of hydrogen-bond acceptors (Lipinski definition) is 6. The number of aromatic hydroxyl groups is 1. The van der Waals surface area contributed by atoms with Gasteiger partial charge in [-0.05, 0) is 61.9 Å². The van der Waals surface area contributed by atoms with Gasteiger partial charge in [-0.2, -0.15) is 5.10 Å². The van der Waals surface area contributed by atoms with Gasteiger partial charge in [-0.3, -0.25) is 0 Å². The van der Waals surface area contributed by atoms with Gasteiger partial charge in [0.15, 0.2) is 0 Å². The second-order valence-corrected chi connectivity index (χ2v) is 8.15. The molecule has 1 fully saturated rings. The molecule has 0 radical (unpaired) electrons. The van der Waals surface area contributed by atoms with E-state index in [4.69, 9.17) is 4.74 Å². The Balaban J connectivity index is 1.44. The molecule has 0 saturated carbocycles. The summed E-state index contributed by atoms with van der Waals surface area (Å²) in [6.07, 6.45) is 2.25. The van der Waals surface area contributed by atoms with E-state index in [1.54, 1.807) is 30.1 Å². The van der Waals surface area contributed by atoms with Crippen molar-refractivity contribution in [1.82, 2.24) is 14.3 Å². The van der Waals surface area contributed by atoms with E-state index >= 15 is 0 Å². The number of benzene rings is 2. The Labute approximate surface area is 188 Å². The van der Waals surface area contributed by atoms with Crippen molar-refractivity contribution in [1.29, 1.82) is 0 Å². The molecule has 170 valence electrons. The maximum Gasteiger partial charge on any atom is 0.350 e. The van der Waals surface area contributed by atoms with Crippen molar-refractivity contribution in [2.45, 2.75) is 32.4 Å². The maximum absolute atomic E-state index is 12.9. The fraction of sp³-hybridized carbons (Fsp3) is 0.417. The van der Waals surface area contributed by atoms with Gasteiger partial charge in [0.05, 0.1) is 17.8 Å². The van der Waals surface area contributed by atoms with Crippen molar-refractivity contribution in [3.05, 3.63) is 65.3 Å². The lowest BCUT2D eigenvalue weighted by Gasteiger charge is -2.37. The van der Waals surface area contributed by atoms with Crippen LogP contribution < -0.4 is 15.5 Å².